The van der Waals surface area contributed by atoms with Gasteiger partial charge in [0.25, 0.3) is 0 Å². The molecule has 1 aliphatic heterocycles. The summed E-state index contributed by atoms with van der Waals surface area (Å²) >= 11 is 0. The molecule has 0 bridgehead atoms. The number of piperazine rings is 1. The molecule has 1 aromatic carbocycles. The van der Waals surface area contributed by atoms with E-state index in [1.165, 1.54) is 15.6 Å². The van der Waals surface area contributed by atoms with Crippen LogP contribution in [0.25, 0.3) is 0 Å². The van der Waals surface area contributed by atoms with Gasteiger partial charge in [-0.1, -0.05) is 38.3 Å². The molecule has 8 heteroatoms. The molecular formula is C23H35N3O4S. The summed E-state index contributed by atoms with van der Waals surface area (Å²) in [5, 5.41) is 3.13. The van der Waals surface area contributed by atoms with Gasteiger partial charge in [-0.3, -0.25) is 14.5 Å². The van der Waals surface area contributed by atoms with Crippen molar-refractivity contribution < 1.29 is 18.0 Å². The number of benzene rings is 1. The van der Waals surface area contributed by atoms with Crippen LogP contribution in [0.5, 0.6) is 0 Å². The summed E-state index contributed by atoms with van der Waals surface area (Å²) in [7, 11) is -3.62. The number of carbonyl (C=O) groups excluding carboxylic acids is 2. The maximum absolute atomic E-state index is 13.6. The number of anilines is 1. The molecule has 0 radical (unpaired) electrons. The van der Waals surface area contributed by atoms with Crippen molar-refractivity contribution in [2.75, 3.05) is 23.7 Å². The van der Waals surface area contributed by atoms with Crippen LogP contribution in [0.3, 0.4) is 0 Å². The third-order valence-electron chi connectivity index (χ3n) is 6.64. The zero-order valence-corrected chi connectivity index (χ0v) is 19.9. The van der Waals surface area contributed by atoms with Crippen molar-refractivity contribution in [1.29, 1.82) is 0 Å². The summed E-state index contributed by atoms with van der Waals surface area (Å²) in [6.45, 7) is 7.08. The average molecular weight is 450 g/mol. The molecule has 2 fully saturated rings. The summed E-state index contributed by atoms with van der Waals surface area (Å²) in [5.74, 6) is -0.699. The van der Waals surface area contributed by atoms with Crippen molar-refractivity contribution in [3.8, 4) is 0 Å². The van der Waals surface area contributed by atoms with Crippen molar-refractivity contribution in [2.45, 2.75) is 77.8 Å². The topological polar surface area (TPSA) is 86.8 Å². The molecule has 2 amide bonds. The molecule has 0 spiro atoms. The van der Waals surface area contributed by atoms with Gasteiger partial charge in [-0.15, -0.1) is 0 Å². The Balaban J connectivity index is 2.02. The Morgan fingerprint density at radius 3 is 2.52 bits per heavy atom. The van der Waals surface area contributed by atoms with Gasteiger partial charge in [0, 0.05) is 18.3 Å². The van der Waals surface area contributed by atoms with Gasteiger partial charge in [-0.2, -0.15) is 4.31 Å². The molecule has 1 heterocycles. The monoisotopic (exact) mass is 449 g/mol. The Kier molecular flexibility index (Phi) is 7.11. The van der Waals surface area contributed by atoms with E-state index in [0.29, 0.717) is 12.1 Å². The molecule has 1 atom stereocenters. The lowest BCUT2D eigenvalue weighted by Crippen LogP contribution is -2.71. The first-order valence-corrected chi connectivity index (χ1v) is 12.9. The van der Waals surface area contributed by atoms with Gasteiger partial charge in [-0.05, 0) is 57.2 Å². The first-order chi connectivity index (χ1) is 14.6. The van der Waals surface area contributed by atoms with E-state index in [9.17, 15) is 18.0 Å². The molecule has 1 unspecified atom stereocenters. The fourth-order valence-electron chi connectivity index (χ4n) is 4.69. The number of nitrogens with one attached hydrogen (secondary N) is 1. The minimum atomic E-state index is -3.62. The van der Waals surface area contributed by atoms with Gasteiger partial charge in [-0.25, -0.2) is 8.42 Å². The van der Waals surface area contributed by atoms with Crippen LogP contribution < -0.4 is 10.2 Å². The molecule has 172 valence electrons. The fraction of sp³-hybridized carbons (Fsp3) is 0.652. The molecule has 1 aromatic rings. The SMILES string of the molecule is CCCS(=O)(=O)N1CC(=O)N(c2cccc(C)c2C)C(C)(C(=O)NC2CCCCC2)C1. The maximum atomic E-state index is 13.6. The van der Waals surface area contributed by atoms with Crippen LogP contribution in [0.2, 0.25) is 0 Å². The number of amides is 2. The number of hydrogen-bond donors (Lipinski definition) is 1. The first-order valence-electron chi connectivity index (χ1n) is 11.3. The highest BCUT2D eigenvalue weighted by Gasteiger charge is 2.51. The summed E-state index contributed by atoms with van der Waals surface area (Å²) in [6.07, 6.45) is 5.59. The lowest BCUT2D eigenvalue weighted by atomic mass is 9.90. The van der Waals surface area contributed by atoms with E-state index >= 15 is 0 Å². The first kappa shape index (κ1) is 23.7. The van der Waals surface area contributed by atoms with E-state index < -0.39 is 15.6 Å². The van der Waals surface area contributed by atoms with Gasteiger partial charge in [0.15, 0.2) is 0 Å². The molecule has 1 N–H and O–H groups in total. The lowest BCUT2D eigenvalue weighted by Gasteiger charge is -2.47. The molecular weight excluding hydrogens is 414 g/mol. The molecule has 1 saturated carbocycles. The van der Waals surface area contributed by atoms with Crippen molar-refractivity contribution in [3.05, 3.63) is 29.3 Å². The smallest absolute Gasteiger partial charge is 0.247 e. The van der Waals surface area contributed by atoms with E-state index in [4.69, 9.17) is 0 Å². The molecule has 3 rings (SSSR count). The molecule has 1 aliphatic carbocycles. The summed E-state index contributed by atoms with van der Waals surface area (Å²) in [5.41, 5.74) is 1.27. The van der Waals surface area contributed by atoms with Crippen LogP contribution in [-0.4, -0.2) is 55.0 Å². The van der Waals surface area contributed by atoms with Gasteiger partial charge < -0.3 is 5.32 Å². The average Bonchev–Trinajstić information content (AvgIpc) is 2.71. The third-order valence-corrected chi connectivity index (χ3v) is 8.61. The highest BCUT2D eigenvalue weighted by molar-refractivity contribution is 7.89. The van der Waals surface area contributed by atoms with Crippen molar-refractivity contribution in [1.82, 2.24) is 9.62 Å². The minimum Gasteiger partial charge on any atom is -0.351 e. The largest absolute Gasteiger partial charge is 0.351 e. The second-order valence-electron chi connectivity index (χ2n) is 9.11. The Morgan fingerprint density at radius 1 is 1.19 bits per heavy atom. The Labute approximate surface area is 186 Å². The van der Waals surface area contributed by atoms with E-state index in [2.05, 4.69) is 5.32 Å². The van der Waals surface area contributed by atoms with Crippen molar-refractivity contribution >= 4 is 27.5 Å². The van der Waals surface area contributed by atoms with Crippen LogP contribution in [0, 0.1) is 13.8 Å². The van der Waals surface area contributed by atoms with Gasteiger partial charge in [0.2, 0.25) is 21.8 Å². The van der Waals surface area contributed by atoms with Gasteiger partial charge in [0.1, 0.15) is 5.54 Å². The Hall–Kier alpha value is -1.93. The summed E-state index contributed by atoms with van der Waals surface area (Å²) < 4.78 is 26.8. The molecule has 2 aliphatic rings. The predicted octanol–water partition coefficient (Wildman–Crippen LogP) is 2.90. The van der Waals surface area contributed by atoms with Crippen LogP contribution in [0.15, 0.2) is 18.2 Å². The Morgan fingerprint density at radius 2 is 1.87 bits per heavy atom. The second kappa shape index (κ2) is 9.28. The molecule has 1 saturated heterocycles. The van der Waals surface area contributed by atoms with Gasteiger partial charge in [0.05, 0.1) is 12.3 Å². The molecule has 31 heavy (non-hydrogen) atoms. The zero-order chi connectivity index (χ0) is 22.8. The minimum absolute atomic E-state index is 0.0376. The van der Waals surface area contributed by atoms with Crippen molar-refractivity contribution in [2.24, 2.45) is 0 Å². The van der Waals surface area contributed by atoms with Gasteiger partial charge >= 0.3 is 0 Å². The number of rotatable bonds is 6. The number of carbonyl (C=O) groups is 2. The summed E-state index contributed by atoms with van der Waals surface area (Å²) in [4.78, 5) is 28.5. The quantitative estimate of drug-likeness (QED) is 0.723. The zero-order valence-electron chi connectivity index (χ0n) is 19.1. The Bertz CT molecular complexity index is 940. The lowest BCUT2D eigenvalue weighted by molar-refractivity contribution is -0.133. The number of hydrogen-bond acceptors (Lipinski definition) is 4. The number of aryl methyl sites for hydroxylation is 1. The molecule has 7 nitrogen and oxygen atoms in total. The normalized spacial score (nSPS) is 23.7. The highest BCUT2D eigenvalue weighted by atomic mass is 32.2. The standard InChI is InChI=1S/C23H35N3O4S/c1-5-14-31(29,30)25-15-21(27)26(20-13-9-10-17(2)18(20)3)23(4,16-25)22(28)24-19-11-7-6-8-12-19/h9-10,13,19H,5-8,11-12,14-16H2,1-4H3,(H,24,28). The highest BCUT2D eigenvalue weighted by Crippen LogP contribution is 2.34. The van der Waals surface area contributed by atoms with Crippen LogP contribution >= 0.6 is 0 Å². The van der Waals surface area contributed by atoms with E-state index in [-0.39, 0.29) is 36.7 Å². The van der Waals surface area contributed by atoms with Crippen LogP contribution in [-0.2, 0) is 19.6 Å². The number of nitrogens with zero attached hydrogens (tertiary/aromatic N) is 2. The fourth-order valence-corrected chi connectivity index (χ4v) is 6.22. The third kappa shape index (κ3) is 4.80. The van der Waals surface area contributed by atoms with Crippen molar-refractivity contribution in [3.63, 3.8) is 0 Å². The summed E-state index contributed by atoms with van der Waals surface area (Å²) in [6, 6.07) is 5.73. The van der Waals surface area contributed by atoms with E-state index in [0.717, 1.165) is 36.8 Å². The van der Waals surface area contributed by atoms with E-state index in [1.54, 1.807) is 13.8 Å². The van der Waals surface area contributed by atoms with Crippen LogP contribution in [0.4, 0.5) is 5.69 Å². The predicted molar refractivity (Wildman–Crippen MR) is 122 cm³/mol. The maximum Gasteiger partial charge on any atom is 0.247 e. The molecule has 0 aromatic heterocycles. The second-order valence-corrected chi connectivity index (χ2v) is 11.2. The van der Waals surface area contributed by atoms with Crippen LogP contribution in [0.1, 0.15) is 63.5 Å². The number of sulfonamides is 1. The van der Waals surface area contributed by atoms with E-state index in [1.807, 2.05) is 32.0 Å².